The fraction of sp³-hybridized carbons (Fsp3) is 0.400. The fourth-order valence-corrected chi connectivity index (χ4v) is 2.58. The highest BCUT2D eigenvalue weighted by atomic mass is 16.6. The van der Waals surface area contributed by atoms with Gasteiger partial charge in [-0.2, -0.15) is 0 Å². The Morgan fingerprint density at radius 2 is 1.20 bits per heavy atom. The van der Waals surface area contributed by atoms with Crippen molar-refractivity contribution in [3.8, 4) is 17.2 Å². The molecular weight excluding hydrogens is 318 g/mol. The second-order valence-electron chi connectivity index (χ2n) is 5.73. The monoisotopic (exact) mass is 343 g/mol. The van der Waals surface area contributed by atoms with Crippen LogP contribution < -0.4 is 19.5 Å². The number of hydrogen-bond donors (Lipinski definition) is 1. The van der Waals surface area contributed by atoms with Crippen LogP contribution in [0.1, 0.15) is 12.8 Å². The minimum Gasteiger partial charge on any atom is -0.490 e. The summed E-state index contributed by atoms with van der Waals surface area (Å²) in [4.78, 5) is 0. The van der Waals surface area contributed by atoms with Gasteiger partial charge in [0.25, 0.3) is 0 Å². The highest BCUT2D eigenvalue weighted by Crippen LogP contribution is 2.27. The first-order valence-electron chi connectivity index (χ1n) is 8.81. The van der Waals surface area contributed by atoms with Crippen molar-refractivity contribution in [3.63, 3.8) is 0 Å². The quantitative estimate of drug-likeness (QED) is 0.789. The summed E-state index contributed by atoms with van der Waals surface area (Å²) in [7, 11) is 0. The molecular formula is C20H25NO4. The molecule has 0 saturated carbocycles. The Hall–Kier alpha value is -2.40. The van der Waals surface area contributed by atoms with Gasteiger partial charge in [0.1, 0.15) is 19.0 Å². The maximum absolute atomic E-state index is 5.86. The van der Waals surface area contributed by atoms with E-state index >= 15 is 0 Å². The van der Waals surface area contributed by atoms with Gasteiger partial charge in [-0.25, -0.2) is 0 Å². The van der Waals surface area contributed by atoms with Gasteiger partial charge in [-0.05, 0) is 37.1 Å². The first kappa shape index (κ1) is 17.4. The van der Waals surface area contributed by atoms with Crippen LogP contribution in [0.3, 0.4) is 0 Å². The van der Waals surface area contributed by atoms with Crippen LogP contribution in [-0.4, -0.2) is 39.6 Å². The maximum atomic E-state index is 5.86. The van der Waals surface area contributed by atoms with E-state index in [4.69, 9.17) is 18.9 Å². The minimum atomic E-state index is 0.485. The average molecular weight is 343 g/mol. The van der Waals surface area contributed by atoms with E-state index in [-0.39, 0.29) is 0 Å². The number of fused-ring (bicyclic) bond motifs is 2. The zero-order valence-electron chi connectivity index (χ0n) is 14.4. The van der Waals surface area contributed by atoms with E-state index < -0.39 is 0 Å². The highest BCUT2D eigenvalue weighted by Gasteiger charge is 2.06. The van der Waals surface area contributed by atoms with Crippen molar-refractivity contribution >= 4 is 5.69 Å². The van der Waals surface area contributed by atoms with Crippen LogP contribution in [0.5, 0.6) is 17.2 Å². The second-order valence-corrected chi connectivity index (χ2v) is 5.73. The van der Waals surface area contributed by atoms with Crippen molar-refractivity contribution in [3.05, 3.63) is 48.5 Å². The normalized spacial score (nSPS) is 16.6. The Bertz CT molecular complexity index is 592. The molecule has 5 heteroatoms. The molecule has 0 unspecified atom stereocenters. The molecule has 134 valence electrons. The van der Waals surface area contributed by atoms with Gasteiger partial charge < -0.3 is 24.3 Å². The predicted octanol–water partition coefficient (Wildman–Crippen LogP) is 3.75. The average Bonchev–Trinajstić information content (AvgIpc) is 2.65. The molecule has 0 radical (unpaired) electrons. The summed E-state index contributed by atoms with van der Waals surface area (Å²) in [5.74, 6) is 2.40. The van der Waals surface area contributed by atoms with Gasteiger partial charge in [-0.1, -0.05) is 24.3 Å². The van der Waals surface area contributed by atoms with Crippen molar-refractivity contribution in [2.75, 3.05) is 44.9 Å². The lowest BCUT2D eigenvalue weighted by Gasteiger charge is -2.13. The summed E-state index contributed by atoms with van der Waals surface area (Å²) in [5, 5.41) is 3.43. The molecule has 0 amide bonds. The van der Waals surface area contributed by atoms with Gasteiger partial charge in [0, 0.05) is 6.54 Å². The molecule has 2 aromatic carbocycles. The number of hydrogen-bond acceptors (Lipinski definition) is 5. The molecule has 5 nitrogen and oxygen atoms in total. The number of rotatable bonds is 0. The van der Waals surface area contributed by atoms with Gasteiger partial charge >= 0.3 is 0 Å². The molecule has 1 aliphatic heterocycles. The first-order valence-corrected chi connectivity index (χ1v) is 8.81. The Labute approximate surface area is 148 Å². The fourth-order valence-electron chi connectivity index (χ4n) is 2.58. The van der Waals surface area contributed by atoms with E-state index in [1.54, 1.807) is 0 Å². The standard InChI is InChI=1S/C20H25NO4/c1-2-8-18-17(7-1)21-11-5-6-12-23-19-9-3-4-10-20(19)25-16-14-22-13-15-24-18/h1-4,7-10,21H,5-6,11-16H2. The Morgan fingerprint density at radius 1 is 0.600 bits per heavy atom. The third-order valence-electron chi connectivity index (χ3n) is 3.85. The Balaban J connectivity index is 1.59. The summed E-state index contributed by atoms with van der Waals surface area (Å²) in [5.41, 5.74) is 1.02. The number of benzene rings is 2. The summed E-state index contributed by atoms with van der Waals surface area (Å²) in [6.07, 6.45) is 1.98. The molecule has 0 bridgehead atoms. The lowest BCUT2D eigenvalue weighted by molar-refractivity contribution is 0.0757. The first-order chi connectivity index (χ1) is 12.4. The zero-order valence-corrected chi connectivity index (χ0v) is 14.4. The lowest BCUT2D eigenvalue weighted by atomic mass is 10.2. The summed E-state index contributed by atoms with van der Waals surface area (Å²) < 4.78 is 23.0. The Morgan fingerprint density at radius 3 is 1.96 bits per heavy atom. The van der Waals surface area contributed by atoms with Crippen molar-refractivity contribution in [2.24, 2.45) is 0 Å². The van der Waals surface area contributed by atoms with Crippen molar-refractivity contribution in [2.45, 2.75) is 12.8 Å². The summed E-state index contributed by atoms with van der Waals surface area (Å²) in [6.45, 7) is 3.57. The van der Waals surface area contributed by atoms with E-state index in [1.807, 2.05) is 48.5 Å². The second kappa shape index (κ2) is 9.79. The SMILES string of the molecule is c1ccc2c(c1)NCCCCOc1ccccc1OCCOCCO2. The van der Waals surface area contributed by atoms with Crippen LogP contribution >= 0.6 is 0 Å². The van der Waals surface area contributed by atoms with E-state index in [0.29, 0.717) is 33.0 Å². The largest absolute Gasteiger partial charge is 0.490 e. The van der Waals surface area contributed by atoms with Gasteiger partial charge in [0.15, 0.2) is 11.5 Å². The third-order valence-corrected chi connectivity index (χ3v) is 3.85. The van der Waals surface area contributed by atoms with E-state index in [2.05, 4.69) is 5.32 Å². The molecule has 2 aromatic rings. The Kier molecular flexibility index (Phi) is 6.82. The molecule has 1 N–H and O–H groups in total. The van der Waals surface area contributed by atoms with Gasteiger partial charge in [0.05, 0.1) is 25.5 Å². The maximum Gasteiger partial charge on any atom is 0.161 e. The molecule has 1 aliphatic rings. The molecule has 0 aliphatic carbocycles. The molecule has 0 saturated heterocycles. The van der Waals surface area contributed by atoms with Gasteiger partial charge in [-0.3, -0.25) is 0 Å². The topological polar surface area (TPSA) is 49.0 Å². The lowest BCUT2D eigenvalue weighted by Crippen LogP contribution is -2.13. The van der Waals surface area contributed by atoms with E-state index in [1.165, 1.54) is 0 Å². The number of anilines is 1. The van der Waals surface area contributed by atoms with Crippen LogP contribution in [0.2, 0.25) is 0 Å². The van der Waals surface area contributed by atoms with Crippen molar-refractivity contribution < 1.29 is 18.9 Å². The number of nitrogens with one attached hydrogen (secondary N) is 1. The molecule has 0 aromatic heterocycles. The van der Waals surface area contributed by atoms with E-state index in [9.17, 15) is 0 Å². The smallest absolute Gasteiger partial charge is 0.161 e. The van der Waals surface area contributed by atoms with Crippen molar-refractivity contribution in [1.29, 1.82) is 0 Å². The molecule has 0 spiro atoms. The van der Waals surface area contributed by atoms with Crippen LogP contribution in [-0.2, 0) is 4.74 Å². The molecule has 0 atom stereocenters. The van der Waals surface area contributed by atoms with Crippen LogP contribution in [0.4, 0.5) is 5.69 Å². The molecule has 3 rings (SSSR count). The third kappa shape index (κ3) is 5.57. The van der Waals surface area contributed by atoms with Gasteiger partial charge in [-0.15, -0.1) is 0 Å². The summed E-state index contributed by atoms with van der Waals surface area (Å²) in [6, 6.07) is 15.7. The molecule has 0 fully saturated rings. The predicted molar refractivity (Wildman–Crippen MR) is 97.9 cm³/mol. The molecule has 1 heterocycles. The summed E-state index contributed by atoms with van der Waals surface area (Å²) >= 11 is 0. The zero-order chi connectivity index (χ0) is 17.2. The minimum absolute atomic E-state index is 0.485. The van der Waals surface area contributed by atoms with Crippen LogP contribution in [0.15, 0.2) is 48.5 Å². The highest BCUT2D eigenvalue weighted by molar-refractivity contribution is 5.56. The van der Waals surface area contributed by atoms with Crippen LogP contribution in [0, 0.1) is 0 Å². The number of para-hydroxylation sites is 4. The van der Waals surface area contributed by atoms with Crippen LogP contribution in [0.25, 0.3) is 0 Å². The number of ether oxygens (including phenoxy) is 4. The van der Waals surface area contributed by atoms with Gasteiger partial charge in [0.2, 0.25) is 0 Å². The molecule has 25 heavy (non-hydrogen) atoms. The van der Waals surface area contributed by atoms with Crippen molar-refractivity contribution in [1.82, 2.24) is 0 Å². The van der Waals surface area contributed by atoms with E-state index in [0.717, 1.165) is 42.3 Å².